The van der Waals surface area contributed by atoms with Crippen LogP contribution in [-0.4, -0.2) is 18.4 Å². The third-order valence-electron chi connectivity index (χ3n) is 3.16. The third-order valence-corrected chi connectivity index (χ3v) is 3.16. The molecule has 1 aromatic carbocycles. The van der Waals surface area contributed by atoms with Gasteiger partial charge in [-0.15, -0.1) is 0 Å². The molecule has 0 radical (unpaired) electrons. The number of aromatic nitrogens is 1. The molecule has 1 aliphatic rings. The van der Waals surface area contributed by atoms with E-state index < -0.39 is 5.92 Å². The summed E-state index contributed by atoms with van der Waals surface area (Å²) in [6.07, 6.45) is 0.693. The first kappa shape index (κ1) is 13.7. The van der Waals surface area contributed by atoms with Gasteiger partial charge in [-0.1, -0.05) is 5.16 Å². The molecule has 1 aliphatic heterocycles. The SMILES string of the molecule is CC(F)(F)c1cc2c(cc1-c1cc(N)on1)OCCCO2. The molecule has 2 N–H and O–H groups in total. The van der Waals surface area contributed by atoms with E-state index in [0.29, 0.717) is 31.1 Å². The zero-order valence-electron chi connectivity index (χ0n) is 11.4. The van der Waals surface area contributed by atoms with Crippen molar-refractivity contribution in [3.05, 3.63) is 23.8 Å². The van der Waals surface area contributed by atoms with E-state index in [2.05, 4.69) is 5.16 Å². The minimum atomic E-state index is -3.06. The predicted octanol–water partition coefficient (Wildman–Crippen LogP) is 3.20. The molecule has 0 aliphatic carbocycles. The Morgan fingerprint density at radius 2 is 1.81 bits per heavy atom. The lowest BCUT2D eigenvalue weighted by atomic mass is 9.99. The summed E-state index contributed by atoms with van der Waals surface area (Å²) in [7, 11) is 0. The van der Waals surface area contributed by atoms with Crippen LogP contribution in [0.25, 0.3) is 11.3 Å². The van der Waals surface area contributed by atoms with E-state index in [1.165, 1.54) is 18.2 Å². The second-order valence-corrected chi connectivity index (χ2v) is 4.90. The predicted molar refractivity (Wildman–Crippen MR) is 71.5 cm³/mol. The van der Waals surface area contributed by atoms with Gasteiger partial charge in [0.05, 0.1) is 13.2 Å². The van der Waals surface area contributed by atoms with Crippen molar-refractivity contribution in [1.29, 1.82) is 0 Å². The van der Waals surface area contributed by atoms with Crippen LogP contribution in [0.15, 0.2) is 22.7 Å². The van der Waals surface area contributed by atoms with E-state index in [4.69, 9.17) is 19.7 Å². The van der Waals surface area contributed by atoms with E-state index in [0.717, 1.165) is 6.92 Å². The van der Waals surface area contributed by atoms with Crippen LogP contribution in [0.5, 0.6) is 11.5 Å². The first-order valence-electron chi connectivity index (χ1n) is 6.49. The second kappa shape index (κ2) is 4.91. The number of halogens is 2. The van der Waals surface area contributed by atoms with Gasteiger partial charge in [-0.25, -0.2) is 8.78 Å². The molecule has 3 rings (SSSR count). The molecule has 0 saturated heterocycles. The maximum atomic E-state index is 13.9. The maximum absolute atomic E-state index is 13.9. The van der Waals surface area contributed by atoms with Crippen molar-refractivity contribution in [2.75, 3.05) is 18.9 Å². The number of alkyl halides is 2. The van der Waals surface area contributed by atoms with Crippen LogP contribution in [0.3, 0.4) is 0 Å². The van der Waals surface area contributed by atoms with Crippen molar-refractivity contribution in [2.45, 2.75) is 19.3 Å². The Hall–Kier alpha value is -2.31. The van der Waals surface area contributed by atoms with Gasteiger partial charge in [0.25, 0.3) is 5.92 Å². The standard InChI is InChI=1S/C14H14F2N2O3/c1-14(15,16)9-6-12-11(19-3-2-4-20-12)5-8(9)10-7-13(17)21-18-10/h5-7H,2-4,17H2,1H3. The van der Waals surface area contributed by atoms with Gasteiger partial charge in [-0.3, -0.25) is 0 Å². The topological polar surface area (TPSA) is 70.5 Å². The smallest absolute Gasteiger partial charge is 0.271 e. The van der Waals surface area contributed by atoms with E-state index in [-0.39, 0.29) is 22.7 Å². The molecular formula is C14H14F2N2O3. The zero-order valence-corrected chi connectivity index (χ0v) is 11.4. The lowest BCUT2D eigenvalue weighted by Crippen LogP contribution is -2.10. The lowest BCUT2D eigenvalue weighted by molar-refractivity contribution is 0.0178. The van der Waals surface area contributed by atoms with Crippen LogP contribution < -0.4 is 15.2 Å². The van der Waals surface area contributed by atoms with Gasteiger partial charge in [0.2, 0.25) is 5.88 Å². The number of nitrogen functional groups attached to an aromatic ring is 1. The van der Waals surface area contributed by atoms with Gasteiger partial charge in [0, 0.05) is 30.5 Å². The number of rotatable bonds is 2. The van der Waals surface area contributed by atoms with Crippen LogP contribution in [0.4, 0.5) is 14.7 Å². The summed E-state index contributed by atoms with van der Waals surface area (Å²) in [6.45, 7) is 1.71. The van der Waals surface area contributed by atoms with Gasteiger partial charge in [0.1, 0.15) is 5.69 Å². The monoisotopic (exact) mass is 296 g/mol. The van der Waals surface area contributed by atoms with E-state index >= 15 is 0 Å². The van der Waals surface area contributed by atoms with Crippen molar-refractivity contribution < 1.29 is 22.8 Å². The molecule has 7 heteroatoms. The number of anilines is 1. The van der Waals surface area contributed by atoms with Gasteiger partial charge in [0.15, 0.2) is 11.5 Å². The number of hydrogen-bond acceptors (Lipinski definition) is 5. The first-order valence-corrected chi connectivity index (χ1v) is 6.49. The molecule has 5 nitrogen and oxygen atoms in total. The van der Waals surface area contributed by atoms with Crippen LogP contribution in [-0.2, 0) is 5.92 Å². The highest BCUT2D eigenvalue weighted by Gasteiger charge is 2.31. The Bertz CT molecular complexity index is 665. The average Bonchev–Trinajstić information content (AvgIpc) is 2.71. The van der Waals surface area contributed by atoms with E-state index in [1.54, 1.807) is 0 Å². The summed E-state index contributed by atoms with van der Waals surface area (Å²) in [5.74, 6) is -2.28. The Morgan fingerprint density at radius 1 is 1.14 bits per heavy atom. The van der Waals surface area contributed by atoms with Crippen molar-refractivity contribution in [3.63, 3.8) is 0 Å². The molecule has 2 heterocycles. The Labute approximate surface area is 119 Å². The minimum Gasteiger partial charge on any atom is -0.490 e. The Balaban J connectivity index is 2.18. The first-order chi connectivity index (χ1) is 9.95. The highest BCUT2D eigenvalue weighted by atomic mass is 19.3. The van der Waals surface area contributed by atoms with Gasteiger partial charge < -0.3 is 19.7 Å². The molecule has 0 amide bonds. The molecule has 1 aromatic heterocycles. The number of nitrogens with zero attached hydrogens (tertiary/aromatic N) is 1. The number of hydrogen-bond donors (Lipinski definition) is 1. The fourth-order valence-electron chi connectivity index (χ4n) is 2.20. The Morgan fingerprint density at radius 3 is 2.38 bits per heavy atom. The van der Waals surface area contributed by atoms with Crippen LogP contribution in [0, 0.1) is 0 Å². The summed E-state index contributed by atoms with van der Waals surface area (Å²) in [5, 5.41) is 3.70. The van der Waals surface area contributed by atoms with E-state index in [1.807, 2.05) is 0 Å². The number of fused-ring (bicyclic) bond motifs is 1. The highest BCUT2D eigenvalue weighted by Crippen LogP contribution is 2.43. The summed E-state index contributed by atoms with van der Waals surface area (Å²) < 4.78 is 43.5. The quantitative estimate of drug-likeness (QED) is 0.921. The molecule has 0 unspecified atom stereocenters. The highest BCUT2D eigenvalue weighted by molar-refractivity contribution is 5.70. The van der Waals surface area contributed by atoms with Crippen molar-refractivity contribution in [2.24, 2.45) is 0 Å². The lowest BCUT2D eigenvalue weighted by Gasteiger charge is -2.17. The Kier molecular flexibility index (Phi) is 3.19. The minimum absolute atomic E-state index is 0.0579. The van der Waals surface area contributed by atoms with Gasteiger partial charge in [-0.05, 0) is 12.1 Å². The third kappa shape index (κ3) is 2.63. The molecule has 2 aromatic rings. The van der Waals surface area contributed by atoms with Crippen LogP contribution in [0.1, 0.15) is 18.9 Å². The number of benzene rings is 1. The average molecular weight is 296 g/mol. The maximum Gasteiger partial charge on any atom is 0.271 e. The van der Waals surface area contributed by atoms with Gasteiger partial charge >= 0.3 is 0 Å². The molecule has 0 spiro atoms. The molecule has 0 bridgehead atoms. The molecule has 0 fully saturated rings. The fourth-order valence-corrected chi connectivity index (χ4v) is 2.20. The summed E-state index contributed by atoms with van der Waals surface area (Å²) in [6, 6.07) is 4.18. The summed E-state index contributed by atoms with van der Waals surface area (Å²) in [4.78, 5) is 0. The van der Waals surface area contributed by atoms with Gasteiger partial charge in [-0.2, -0.15) is 0 Å². The largest absolute Gasteiger partial charge is 0.490 e. The molecule has 21 heavy (non-hydrogen) atoms. The number of nitrogens with two attached hydrogens (primary N) is 1. The van der Waals surface area contributed by atoms with E-state index in [9.17, 15) is 8.78 Å². The molecular weight excluding hydrogens is 282 g/mol. The van der Waals surface area contributed by atoms with Crippen LogP contribution >= 0.6 is 0 Å². The normalized spacial score (nSPS) is 14.8. The summed E-state index contributed by atoms with van der Waals surface area (Å²) >= 11 is 0. The van der Waals surface area contributed by atoms with Crippen molar-refractivity contribution >= 4 is 5.88 Å². The molecule has 112 valence electrons. The van der Waals surface area contributed by atoms with Crippen molar-refractivity contribution in [3.8, 4) is 22.8 Å². The second-order valence-electron chi connectivity index (χ2n) is 4.90. The van der Waals surface area contributed by atoms with Crippen LogP contribution in [0.2, 0.25) is 0 Å². The number of ether oxygens (including phenoxy) is 2. The zero-order chi connectivity index (χ0) is 15.0. The molecule has 0 saturated carbocycles. The summed E-state index contributed by atoms with van der Waals surface area (Å²) in [5.41, 5.74) is 5.71. The molecule has 0 atom stereocenters. The fraction of sp³-hybridized carbons (Fsp3) is 0.357. The van der Waals surface area contributed by atoms with Crippen molar-refractivity contribution in [1.82, 2.24) is 5.16 Å².